The lowest BCUT2D eigenvalue weighted by atomic mass is 10.1. The summed E-state index contributed by atoms with van der Waals surface area (Å²) in [5.41, 5.74) is 1.24. The zero-order valence-electron chi connectivity index (χ0n) is 18.6. The normalized spacial score (nSPS) is 14.4. The molecule has 3 aromatic rings. The standard InChI is InChI=1S/C26H26N3O4S/c30-25(23-11-4-5-15-27-23)21-9-6-10-22(18-21)34(32,33)29-24(17-20-7-2-1-3-8-20)26(31)28-16-14-19-12-13-19/h1-11,15-16,18-19,24,29H,12-14,17H2,(H,28,31)/t24-/m0/s1. The SMILES string of the molecule is O=C(c1cccc(S(=O)(=O)N[C@@H](Cc2ccccc2)C(=O)N[CH]CC2CC2)c1)c1ccccn1. The molecular formula is C26H26N3O4S. The molecule has 0 bridgehead atoms. The lowest BCUT2D eigenvalue weighted by molar-refractivity contribution is -0.122. The predicted molar refractivity (Wildman–Crippen MR) is 128 cm³/mol. The molecule has 7 nitrogen and oxygen atoms in total. The first kappa shape index (κ1) is 23.8. The third kappa shape index (κ3) is 6.36. The quantitative estimate of drug-likeness (QED) is 0.413. The van der Waals surface area contributed by atoms with Gasteiger partial charge in [0.15, 0.2) is 0 Å². The van der Waals surface area contributed by atoms with Crippen LogP contribution in [0.5, 0.6) is 0 Å². The van der Waals surface area contributed by atoms with Crippen molar-refractivity contribution in [3.63, 3.8) is 0 Å². The molecule has 1 aliphatic rings. The third-order valence-electron chi connectivity index (χ3n) is 5.59. The Labute approximate surface area is 199 Å². The first-order valence-corrected chi connectivity index (χ1v) is 12.6. The molecule has 1 aromatic heterocycles. The number of hydrogen-bond donors (Lipinski definition) is 2. The van der Waals surface area contributed by atoms with Crippen LogP contribution in [0.2, 0.25) is 0 Å². The van der Waals surface area contributed by atoms with Crippen molar-refractivity contribution in [2.24, 2.45) is 5.92 Å². The van der Waals surface area contributed by atoms with Crippen LogP contribution in [0.4, 0.5) is 0 Å². The number of benzene rings is 2. The number of nitrogens with one attached hydrogen (secondary N) is 2. The van der Waals surface area contributed by atoms with Crippen molar-refractivity contribution in [2.75, 3.05) is 0 Å². The Bertz CT molecular complexity index is 1240. The maximum Gasteiger partial charge on any atom is 0.241 e. The highest BCUT2D eigenvalue weighted by Crippen LogP contribution is 2.32. The fourth-order valence-electron chi connectivity index (χ4n) is 3.52. The average Bonchev–Trinajstić information content (AvgIpc) is 3.69. The molecule has 0 saturated heterocycles. The van der Waals surface area contributed by atoms with Gasteiger partial charge in [0.2, 0.25) is 21.7 Å². The minimum Gasteiger partial charge on any atom is -0.350 e. The van der Waals surface area contributed by atoms with E-state index in [2.05, 4.69) is 15.0 Å². The van der Waals surface area contributed by atoms with Gasteiger partial charge in [-0.05, 0) is 48.6 Å². The average molecular weight is 477 g/mol. The summed E-state index contributed by atoms with van der Waals surface area (Å²) < 4.78 is 29.0. The summed E-state index contributed by atoms with van der Waals surface area (Å²) in [6, 6.07) is 18.9. The second kappa shape index (κ2) is 10.7. The lowest BCUT2D eigenvalue weighted by Gasteiger charge is -2.19. The van der Waals surface area contributed by atoms with E-state index in [1.54, 1.807) is 24.7 Å². The van der Waals surface area contributed by atoms with Crippen molar-refractivity contribution in [1.82, 2.24) is 15.0 Å². The topological polar surface area (TPSA) is 105 Å². The smallest absolute Gasteiger partial charge is 0.241 e. The van der Waals surface area contributed by atoms with E-state index in [0.717, 1.165) is 24.8 Å². The summed E-state index contributed by atoms with van der Waals surface area (Å²) in [5, 5.41) is 2.75. The first-order valence-electron chi connectivity index (χ1n) is 11.2. The molecule has 1 heterocycles. The molecule has 1 amide bonds. The van der Waals surface area contributed by atoms with E-state index in [0.29, 0.717) is 5.92 Å². The Morgan fingerprint density at radius 3 is 2.47 bits per heavy atom. The van der Waals surface area contributed by atoms with Crippen LogP contribution in [0.25, 0.3) is 0 Å². The van der Waals surface area contributed by atoms with Crippen LogP contribution in [0.1, 0.15) is 40.9 Å². The molecule has 1 fully saturated rings. The molecule has 0 aliphatic heterocycles. The second-order valence-corrected chi connectivity index (χ2v) is 10.0. The Kier molecular flexibility index (Phi) is 7.49. The first-order chi connectivity index (χ1) is 16.4. The van der Waals surface area contributed by atoms with Crippen LogP contribution in [0.3, 0.4) is 0 Å². The maximum atomic E-state index is 13.2. The van der Waals surface area contributed by atoms with Gasteiger partial charge in [-0.15, -0.1) is 0 Å². The van der Waals surface area contributed by atoms with E-state index in [1.165, 1.54) is 30.5 Å². The van der Waals surface area contributed by atoms with Crippen LogP contribution in [0.15, 0.2) is 83.9 Å². The predicted octanol–water partition coefficient (Wildman–Crippen LogP) is 3.28. The van der Waals surface area contributed by atoms with Crippen LogP contribution >= 0.6 is 0 Å². The van der Waals surface area contributed by atoms with Gasteiger partial charge >= 0.3 is 0 Å². The van der Waals surface area contributed by atoms with Crippen LogP contribution < -0.4 is 10.0 Å². The highest BCUT2D eigenvalue weighted by atomic mass is 32.2. The van der Waals surface area contributed by atoms with Crippen LogP contribution in [0, 0.1) is 12.5 Å². The maximum absolute atomic E-state index is 13.2. The number of nitrogens with zero attached hydrogens (tertiary/aromatic N) is 1. The zero-order chi connectivity index (χ0) is 24.0. The molecule has 34 heavy (non-hydrogen) atoms. The van der Waals surface area contributed by atoms with E-state index in [4.69, 9.17) is 0 Å². The Balaban J connectivity index is 1.53. The molecule has 1 saturated carbocycles. The largest absolute Gasteiger partial charge is 0.350 e. The number of hydrogen-bond acceptors (Lipinski definition) is 5. The van der Waals surface area contributed by atoms with Crippen molar-refractivity contribution in [3.05, 3.63) is 102 Å². The van der Waals surface area contributed by atoms with E-state index in [9.17, 15) is 18.0 Å². The van der Waals surface area contributed by atoms with Gasteiger partial charge in [-0.2, -0.15) is 4.72 Å². The number of amides is 1. The van der Waals surface area contributed by atoms with Gasteiger partial charge in [0, 0.05) is 18.3 Å². The van der Waals surface area contributed by atoms with Gasteiger partial charge in [0.05, 0.1) is 4.90 Å². The van der Waals surface area contributed by atoms with Gasteiger partial charge in [-0.1, -0.05) is 61.4 Å². The summed E-state index contributed by atoms with van der Waals surface area (Å²) in [6.07, 6.45) is 4.77. The van der Waals surface area contributed by atoms with Crippen molar-refractivity contribution >= 4 is 21.7 Å². The van der Waals surface area contributed by atoms with Crippen molar-refractivity contribution in [2.45, 2.75) is 36.6 Å². The van der Waals surface area contributed by atoms with Crippen LogP contribution in [-0.2, 0) is 21.2 Å². The molecule has 0 spiro atoms. The molecule has 175 valence electrons. The summed E-state index contributed by atoms with van der Waals surface area (Å²) >= 11 is 0. The zero-order valence-corrected chi connectivity index (χ0v) is 19.4. The monoisotopic (exact) mass is 476 g/mol. The molecule has 1 aliphatic carbocycles. The van der Waals surface area contributed by atoms with Gasteiger partial charge in [0.1, 0.15) is 11.7 Å². The number of sulfonamides is 1. The Morgan fingerprint density at radius 2 is 1.76 bits per heavy atom. The van der Waals surface area contributed by atoms with E-state index in [-0.39, 0.29) is 28.4 Å². The molecule has 0 unspecified atom stereocenters. The lowest BCUT2D eigenvalue weighted by Crippen LogP contribution is -2.47. The Hall–Kier alpha value is -3.36. The molecule has 1 atom stereocenters. The van der Waals surface area contributed by atoms with Gasteiger partial charge in [-0.3, -0.25) is 14.6 Å². The number of ketones is 1. The molecule has 4 rings (SSSR count). The molecule has 8 heteroatoms. The molecule has 1 radical (unpaired) electrons. The van der Waals surface area contributed by atoms with Crippen LogP contribution in [-0.4, -0.2) is 31.1 Å². The summed E-state index contributed by atoms with van der Waals surface area (Å²) in [7, 11) is -4.09. The summed E-state index contributed by atoms with van der Waals surface area (Å²) in [4.78, 5) is 29.6. The number of carbonyl (C=O) groups is 2. The number of carbonyl (C=O) groups excluding carboxylic acids is 2. The minimum atomic E-state index is -4.09. The minimum absolute atomic E-state index is 0.0953. The van der Waals surface area contributed by atoms with E-state index in [1.807, 2.05) is 30.3 Å². The molecule has 2 aromatic carbocycles. The third-order valence-corrected chi connectivity index (χ3v) is 7.06. The fraction of sp³-hybridized carbons (Fsp3) is 0.231. The fourth-order valence-corrected chi connectivity index (χ4v) is 4.76. The highest BCUT2D eigenvalue weighted by molar-refractivity contribution is 7.89. The highest BCUT2D eigenvalue weighted by Gasteiger charge is 2.28. The molecule has 2 N–H and O–H groups in total. The Morgan fingerprint density at radius 1 is 1.00 bits per heavy atom. The summed E-state index contributed by atoms with van der Waals surface area (Å²) in [5.74, 6) is -0.205. The van der Waals surface area contributed by atoms with Gasteiger partial charge in [-0.25, -0.2) is 8.42 Å². The summed E-state index contributed by atoms with van der Waals surface area (Å²) in [6.45, 7) is 1.71. The van der Waals surface area contributed by atoms with Gasteiger partial charge < -0.3 is 5.32 Å². The van der Waals surface area contributed by atoms with Crippen molar-refractivity contribution in [3.8, 4) is 0 Å². The van der Waals surface area contributed by atoms with Gasteiger partial charge in [0.25, 0.3) is 0 Å². The second-order valence-electron chi connectivity index (χ2n) is 8.33. The number of aromatic nitrogens is 1. The number of pyridine rings is 1. The van der Waals surface area contributed by atoms with Crippen molar-refractivity contribution < 1.29 is 18.0 Å². The van der Waals surface area contributed by atoms with E-state index >= 15 is 0 Å². The molecular weight excluding hydrogens is 450 g/mol. The van der Waals surface area contributed by atoms with Crippen molar-refractivity contribution in [1.29, 1.82) is 0 Å². The van der Waals surface area contributed by atoms with E-state index < -0.39 is 22.0 Å². The number of rotatable bonds is 11.